The van der Waals surface area contributed by atoms with Gasteiger partial charge in [0.05, 0.1) is 6.54 Å². The quantitative estimate of drug-likeness (QED) is 0.805. The van der Waals surface area contributed by atoms with Gasteiger partial charge < -0.3 is 14.7 Å². The fourth-order valence-electron chi connectivity index (χ4n) is 2.86. The second-order valence-electron chi connectivity index (χ2n) is 5.47. The Bertz CT molecular complexity index is 512. The van der Waals surface area contributed by atoms with Crippen LogP contribution in [0.1, 0.15) is 12.8 Å². The molecule has 2 saturated heterocycles. The summed E-state index contributed by atoms with van der Waals surface area (Å²) >= 11 is 0. The van der Waals surface area contributed by atoms with E-state index in [-0.39, 0.29) is 18.4 Å². The van der Waals surface area contributed by atoms with Crippen LogP contribution in [0.3, 0.4) is 0 Å². The van der Waals surface area contributed by atoms with Gasteiger partial charge in [-0.15, -0.1) is 0 Å². The normalized spacial score (nSPS) is 19.2. The molecule has 2 aliphatic rings. The minimum absolute atomic E-state index is 0.0610. The van der Waals surface area contributed by atoms with Crippen molar-refractivity contribution in [3.63, 3.8) is 0 Å². The predicted molar refractivity (Wildman–Crippen MR) is 78.8 cm³/mol. The Morgan fingerprint density at radius 1 is 1.14 bits per heavy atom. The lowest BCUT2D eigenvalue weighted by Crippen LogP contribution is -2.51. The summed E-state index contributed by atoms with van der Waals surface area (Å²) in [7, 11) is 0. The number of pyridine rings is 1. The number of likely N-dealkylation sites (tertiary alicyclic amines) is 1. The number of anilines is 1. The van der Waals surface area contributed by atoms with Gasteiger partial charge in [-0.25, -0.2) is 4.98 Å². The summed E-state index contributed by atoms with van der Waals surface area (Å²) in [6.07, 6.45) is 3.24. The van der Waals surface area contributed by atoms with Crippen LogP contribution in [0.4, 0.5) is 5.82 Å². The van der Waals surface area contributed by atoms with Gasteiger partial charge in [-0.05, 0) is 18.6 Å². The van der Waals surface area contributed by atoms with Crippen LogP contribution in [0.2, 0.25) is 0 Å². The Hall–Kier alpha value is -2.11. The van der Waals surface area contributed by atoms with Gasteiger partial charge in [-0.1, -0.05) is 6.07 Å². The number of aromatic nitrogens is 1. The van der Waals surface area contributed by atoms with E-state index in [1.807, 2.05) is 23.1 Å². The molecule has 0 saturated carbocycles. The Labute approximate surface area is 124 Å². The molecule has 3 heterocycles. The third-order valence-electron chi connectivity index (χ3n) is 4.10. The van der Waals surface area contributed by atoms with E-state index < -0.39 is 0 Å². The van der Waals surface area contributed by atoms with Crippen LogP contribution in [0.15, 0.2) is 24.4 Å². The highest BCUT2D eigenvalue weighted by Crippen LogP contribution is 2.14. The first-order chi connectivity index (χ1) is 10.2. The smallest absolute Gasteiger partial charge is 0.242 e. The van der Waals surface area contributed by atoms with E-state index in [0.717, 1.165) is 31.9 Å². The maximum Gasteiger partial charge on any atom is 0.242 e. The zero-order valence-electron chi connectivity index (χ0n) is 12.1. The molecule has 2 fully saturated rings. The number of rotatable bonds is 3. The molecule has 0 bridgehead atoms. The molecular weight excluding hydrogens is 268 g/mol. The summed E-state index contributed by atoms with van der Waals surface area (Å²) in [4.78, 5) is 33.9. The Morgan fingerprint density at radius 2 is 1.95 bits per heavy atom. The van der Waals surface area contributed by atoms with Crippen LogP contribution in [0, 0.1) is 0 Å². The Balaban J connectivity index is 1.51. The van der Waals surface area contributed by atoms with Crippen LogP contribution < -0.4 is 4.90 Å². The monoisotopic (exact) mass is 288 g/mol. The van der Waals surface area contributed by atoms with Crippen molar-refractivity contribution in [1.29, 1.82) is 0 Å². The summed E-state index contributed by atoms with van der Waals surface area (Å²) in [5, 5.41) is 0. The Morgan fingerprint density at radius 3 is 2.57 bits per heavy atom. The van der Waals surface area contributed by atoms with E-state index in [1.54, 1.807) is 11.1 Å². The van der Waals surface area contributed by atoms with Gasteiger partial charge in [0.1, 0.15) is 5.82 Å². The van der Waals surface area contributed by atoms with Crippen LogP contribution in [0.5, 0.6) is 0 Å². The van der Waals surface area contributed by atoms with Crippen molar-refractivity contribution < 1.29 is 9.59 Å². The molecule has 2 amide bonds. The summed E-state index contributed by atoms with van der Waals surface area (Å²) in [6.45, 7) is 3.92. The molecule has 0 aromatic carbocycles. The molecule has 0 N–H and O–H groups in total. The molecule has 6 nitrogen and oxygen atoms in total. The third kappa shape index (κ3) is 3.15. The topological polar surface area (TPSA) is 56.8 Å². The van der Waals surface area contributed by atoms with E-state index in [0.29, 0.717) is 19.5 Å². The van der Waals surface area contributed by atoms with Crippen molar-refractivity contribution in [2.45, 2.75) is 12.8 Å². The van der Waals surface area contributed by atoms with Crippen LogP contribution >= 0.6 is 0 Å². The van der Waals surface area contributed by atoms with Gasteiger partial charge in [-0.3, -0.25) is 9.59 Å². The van der Waals surface area contributed by atoms with Crippen molar-refractivity contribution in [3.8, 4) is 0 Å². The largest absolute Gasteiger partial charge is 0.353 e. The predicted octanol–water partition coefficient (Wildman–Crippen LogP) is 0.353. The van der Waals surface area contributed by atoms with Crippen LogP contribution in [-0.2, 0) is 9.59 Å². The minimum Gasteiger partial charge on any atom is -0.353 e. The summed E-state index contributed by atoms with van der Waals surface area (Å²) < 4.78 is 0. The molecule has 2 aliphatic heterocycles. The first-order valence-corrected chi connectivity index (χ1v) is 7.45. The summed E-state index contributed by atoms with van der Waals surface area (Å²) in [5.74, 6) is 1.13. The summed E-state index contributed by atoms with van der Waals surface area (Å²) in [6, 6.07) is 5.86. The molecular formula is C15H20N4O2. The molecule has 0 radical (unpaired) electrons. The van der Waals surface area contributed by atoms with Gasteiger partial charge in [-0.2, -0.15) is 0 Å². The number of carbonyl (C=O) groups excluding carboxylic acids is 2. The number of nitrogens with zero attached hydrogens (tertiary/aromatic N) is 4. The maximum absolute atomic E-state index is 12.2. The standard InChI is InChI=1S/C15H20N4O2/c20-14-5-3-7-19(14)12-15(21)18-10-8-17(9-11-18)13-4-1-2-6-16-13/h1-2,4,6H,3,5,7-12H2. The number of hydrogen-bond donors (Lipinski definition) is 0. The molecule has 3 rings (SSSR count). The third-order valence-corrected chi connectivity index (χ3v) is 4.10. The average Bonchev–Trinajstić information content (AvgIpc) is 2.93. The average molecular weight is 288 g/mol. The zero-order chi connectivity index (χ0) is 14.7. The van der Waals surface area contributed by atoms with Gasteiger partial charge in [0.25, 0.3) is 0 Å². The maximum atomic E-state index is 12.2. The van der Waals surface area contributed by atoms with E-state index in [4.69, 9.17) is 0 Å². The van der Waals surface area contributed by atoms with Crippen molar-refractivity contribution >= 4 is 17.6 Å². The van der Waals surface area contributed by atoms with E-state index in [1.165, 1.54) is 0 Å². The molecule has 112 valence electrons. The number of amides is 2. The van der Waals surface area contributed by atoms with Gasteiger partial charge in [0.15, 0.2) is 0 Å². The first kappa shape index (κ1) is 13.9. The van der Waals surface area contributed by atoms with E-state index in [9.17, 15) is 9.59 Å². The lowest BCUT2D eigenvalue weighted by molar-refractivity contribution is -0.138. The molecule has 6 heteroatoms. The van der Waals surface area contributed by atoms with Gasteiger partial charge in [0, 0.05) is 45.3 Å². The highest BCUT2D eigenvalue weighted by Gasteiger charge is 2.27. The van der Waals surface area contributed by atoms with Crippen LogP contribution in [-0.4, -0.2) is 65.9 Å². The van der Waals surface area contributed by atoms with Crippen molar-refractivity contribution in [2.75, 3.05) is 44.2 Å². The lowest BCUT2D eigenvalue weighted by atomic mass is 10.3. The molecule has 0 unspecified atom stereocenters. The second kappa shape index (κ2) is 6.11. The number of hydrogen-bond acceptors (Lipinski definition) is 4. The molecule has 1 aromatic heterocycles. The van der Waals surface area contributed by atoms with Crippen molar-refractivity contribution in [2.24, 2.45) is 0 Å². The second-order valence-corrected chi connectivity index (χ2v) is 5.47. The zero-order valence-corrected chi connectivity index (χ0v) is 12.1. The minimum atomic E-state index is 0.0610. The fraction of sp³-hybridized carbons (Fsp3) is 0.533. The van der Waals surface area contributed by atoms with Crippen molar-refractivity contribution in [1.82, 2.24) is 14.8 Å². The van der Waals surface area contributed by atoms with Gasteiger partial charge >= 0.3 is 0 Å². The Kier molecular flexibility index (Phi) is 4.03. The number of carbonyl (C=O) groups is 2. The molecule has 21 heavy (non-hydrogen) atoms. The first-order valence-electron chi connectivity index (χ1n) is 7.45. The molecule has 0 aliphatic carbocycles. The highest BCUT2D eigenvalue weighted by molar-refractivity contribution is 5.86. The highest BCUT2D eigenvalue weighted by atomic mass is 16.2. The SMILES string of the molecule is O=C(CN1CCCC1=O)N1CCN(c2ccccn2)CC1. The van der Waals surface area contributed by atoms with E-state index >= 15 is 0 Å². The van der Waals surface area contributed by atoms with E-state index in [2.05, 4.69) is 9.88 Å². The molecule has 0 spiro atoms. The van der Waals surface area contributed by atoms with Crippen LogP contribution in [0.25, 0.3) is 0 Å². The molecule has 0 atom stereocenters. The fourth-order valence-corrected chi connectivity index (χ4v) is 2.86. The van der Waals surface area contributed by atoms with Gasteiger partial charge in [0.2, 0.25) is 11.8 Å². The number of piperazine rings is 1. The summed E-state index contributed by atoms with van der Waals surface area (Å²) in [5.41, 5.74) is 0. The van der Waals surface area contributed by atoms with Crippen molar-refractivity contribution in [3.05, 3.63) is 24.4 Å². The molecule has 1 aromatic rings. The lowest BCUT2D eigenvalue weighted by Gasteiger charge is -2.36.